The van der Waals surface area contributed by atoms with Crippen molar-refractivity contribution in [1.82, 2.24) is 0 Å². The van der Waals surface area contributed by atoms with Crippen LogP contribution in [0.15, 0.2) is 71.6 Å². The Kier molecular flexibility index (Phi) is 10.0. The SMILES string of the molecule is Cc1ccc(S(=O)(=O)OCCCCCCCC/C=C/Cc2ccccc2)cc1. The van der Waals surface area contributed by atoms with Crippen LogP contribution in [0.1, 0.15) is 56.1 Å². The van der Waals surface area contributed by atoms with Crippen LogP contribution in [0, 0.1) is 6.92 Å². The monoisotopic (exact) mass is 400 g/mol. The Hall–Kier alpha value is -1.91. The Labute approximate surface area is 170 Å². The maximum absolute atomic E-state index is 12.1. The second-order valence-electron chi connectivity index (χ2n) is 7.16. The molecule has 0 aliphatic heterocycles. The van der Waals surface area contributed by atoms with E-state index in [1.165, 1.54) is 24.8 Å². The van der Waals surface area contributed by atoms with Crippen LogP contribution in [-0.4, -0.2) is 15.0 Å². The normalized spacial score (nSPS) is 11.9. The molecule has 2 aromatic rings. The Bertz CT molecular complexity index is 794. The average molecular weight is 401 g/mol. The number of hydrogen-bond donors (Lipinski definition) is 0. The molecule has 0 N–H and O–H groups in total. The maximum atomic E-state index is 12.1. The van der Waals surface area contributed by atoms with Gasteiger partial charge in [0.25, 0.3) is 10.1 Å². The summed E-state index contributed by atoms with van der Waals surface area (Å²) in [6.07, 6.45) is 13.2. The Morgan fingerprint density at radius 2 is 1.43 bits per heavy atom. The predicted octanol–water partition coefficient (Wildman–Crippen LogP) is 6.23. The van der Waals surface area contributed by atoms with E-state index >= 15 is 0 Å². The molecule has 0 aliphatic rings. The fourth-order valence-corrected chi connectivity index (χ4v) is 3.91. The van der Waals surface area contributed by atoms with Gasteiger partial charge in [0, 0.05) is 0 Å². The van der Waals surface area contributed by atoms with Crippen LogP contribution in [0.3, 0.4) is 0 Å². The number of allylic oxidation sites excluding steroid dienone is 2. The third-order valence-electron chi connectivity index (χ3n) is 4.68. The Morgan fingerprint density at radius 3 is 2.14 bits per heavy atom. The highest BCUT2D eigenvalue weighted by molar-refractivity contribution is 7.86. The van der Waals surface area contributed by atoms with E-state index in [9.17, 15) is 8.42 Å². The van der Waals surface area contributed by atoms with Gasteiger partial charge in [0.15, 0.2) is 0 Å². The number of unbranched alkanes of at least 4 members (excludes halogenated alkanes) is 6. The second-order valence-corrected chi connectivity index (χ2v) is 8.78. The second kappa shape index (κ2) is 12.5. The summed E-state index contributed by atoms with van der Waals surface area (Å²) in [7, 11) is -3.62. The third kappa shape index (κ3) is 8.85. The number of benzene rings is 2. The lowest BCUT2D eigenvalue weighted by molar-refractivity contribution is 0.306. The molecule has 0 bridgehead atoms. The van der Waals surface area contributed by atoms with Crippen molar-refractivity contribution in [2.75, 3.05) is 6.61 Å². The van der Waals surface area contributed by atoms with Crippen molar-refractivity contribution >= 4 is 10.1 Å². The maximum Gasteiger partial charge on any atom is 0.296 e. The average Bonchev–Trinajstić information content (AvgIpc) is 2.70. The summed E-state index contributed by atoms with van der Waals surface area (Å²) in [5.41, 5.74) is 2.39. The molecular formula is C24H32O3S. The van der Waals surface area contributed by atoms with Crippen molar-refractivity contribution in [1.29, 1.82) is 0 Å². The van der Waals surface area contributed by atoms with Crippen LogP contribution in [0.5, 0.6) is 0 Å². The van der Waals surface area contributed by atoms with Gasteiger partial charge in [-0.15, -0.1) is 0 Å². The molecule has 2 aromatic carbocycles. The van der Waals surface area contributed by atoms with Crippen molar-refractivity contribution in [3.8, 4) is 0 Å². The standard InChI is InChI=1S/C24H32O3S/c1-22-17-19-24(20-18-22)28(25,26)27-21-13-8-6-4-2-3-5-7-10-14-23-15-11-9-12-16-23/h7,9-12,15-20H,2-6,8,13-14,21H2,1H3/b10-7+. The van der Waals surface area contributed by atoms with Gasteiger partial charge in [-0.05, 0) is 50.3 Å². The largest absolute Gasteiger partial charge is 0.296 e. The fraction of sp³-hybridized carbons (Fsp3) is 0.417. The summed E-state index contributed by atoms with van der Waals surface area (Å²) < 4.78 is 29.3. The first-order chi connectivity index (χ1) is 13.6. The molecule has 0 aromatic heterocycles. The molecule has 0 amide bonds. The number of rotatable bonds is 13. The molecule has 152 valence electrons. The van der Waals surface area contributed by atoms with Crippen LogP contribution in [0.25, 0.3) is 0 Å². The van der Waals surface area contributed by atoms with E-state index in [2.05, 4.69) is 36.4 Å². The van der Waals surface area contributed by atoms with Gasteiger partial charge >= 0.3 is 0 Å². The lowest BCUT2D eigenvalue weighted by Crippen LogP contribution is -2.07. The molecule has 0 atom stereocenters. The zero-order chi connectivity index (χ0) is 20.1. The van der Waals surface area contributed by atoms with Gasteiger partial charge in [-0.1, -0.05) is 85.9 Å². The molecule has 0 spiro atoms. The lowest BCUT2D eigenvalue weighted by atomic mass is 10.1. The van der Waals surface area contributed by atoms with Gasteiger partial charge < -0.3 is 0 Å². The summed E-state index contributed by atoms with van der Waals surface area (Å²) in [6.45, 7) is 2.19. The summed E-state index contributed by atoms with van der Waals surface area (Å²) in [5, 5.41) is 0. The molecule has 0 unspecified atom stereocenters. The van der Waals surface area contributed by atoms with Crippen molar-refractivity contribution in [2.24, 2.45) is 0 Å². The van der Waals surface area contributed by atoms with Crippen LogP contribution in [0.4, 0.5) is 0 Å². The van der Waals surface area contributed by atoms with Gasteiger partial charge in [-0.2, -0.15) is 8.42 Å². The summed E-state index contributed by atoms with van der Waals surface area (Å²) in [6, 6.07) is 17.3. The molecule has 0 heterocycles. The molecule has 2 rings (SSSR count). The van der Waals surface area contributed by atoms with Gasteiger partial charge in [-0.25, -0.2) is 0 Å². The first kappa shape index (κ1) is 22.4. The van der Waals surface area contributed by atoms with Gasteiger partial charge in [0.1, 0.15) is 0 Å². The summed E-state index contributed by atoms with van der Waals surface area (Å²) in [5.74, 6) is 0. The van der Waals surface area contributed by atoms with Gasteiger partial charge in [0.2, 0.25) is 0 Å². The molecule has 0 fully saturated rings. The van der Waals surface area contributed by atoms with Gasteiger partial charge in [0.05, 0.1) is 11.5 Å². The minimum atomic E-state index is -3.62. The van der Waals surface area contributed by atoms with Crippen LogP contribution >= 0.6 is 0 Å². The van der Waals surface area contributed by atoms with Crippen LogP contribution < -0.4 is 0 Å². The topological polar surface area (TPSA) is 43.4 Å². The van der Waals surface area contributed by atoms with Gasteiger partial charge in [-0.3, -0.25) is 4.18 Å². The van der Waals surface area contributed by atoms with Crippen molar-refractivity contribution in [3.05, 3.63) is 77.9 Å². The highest BCUT2D eigenvalue weighted by Crippen LogP contribution is 2.14. The predicted molar refractivity (Wildman–Crippen MR) is 116 cm³/mol. The molecule has 3 nitrogen and oxygen atoms in total. The van der Waals surface area contributed by atoms with Crippen molar-refractivity contribution < 1.29 is 12.6 Å². The minimum Gasteiger partial charge on any atom is -0.266 e. The van der Waals surface area contributed by atoms with Crippen molar-refractivity contribution in [3.63, 3.8) is 0 Å². The first-order valence-electron chi connectivity index (χ1n) is 10.2. The molecule has 0 saturated carbocycles. The molecule has 0 aliphatic carbocycles. The first-order valence-corrected chi connectivity index (χ1v) is 11.6. The van der Waals surface area contributed by atoms with E-state index in [0.717, 1.165) is 37.7 Å². The summed E-state index contributed by atoms with van der Waals surface area (Å²) in [4.78, 5) is 0.235. The Morgan fingerprint density at radius 1 is 0.786 bits per heavy atom. The fourth-order valence-electron chi connectivity index (χ4n) is 2.96. The van der Waals surface area contributed by atoms with Crippen LogP contribution in [-0.2, 0) is 20.7 Å². The Balaban J connectivity index is 1.46. The highest BCUT2D eigenvalue weighted by Gasteiger charge is 2.14. The number of aryl methyl sites for hydroxylation is 1. The van der Waals surface area contributed by atoms with E-state index in [1.807, 2.05) is 13.0 Å². The minimum absolute atomic E-state index is 0.235. The van der Waals surface area contributed by atoms with Crippen LogP contribution in [0.2, 0.25) is 0 Å². The third-order valence-corrected chi connectivity index (χ3v) is 6.00. The zero-order valence-electron chi connectivity index (χ0n) is 16.8. The molecule has 28 heavy (non-hydrogen) atoms. The molecule has 0 saturated heterocycles. The van der Waals surface area contributed by atoms with E-state index in [0.29, 0.717) is 0 Å². The summed E-state index contributed by atoms with van der Waals surface area (Å²) >= 11 is 0. The van der Waals surface area contributed by atoms with E-state index in [4.69, 9.17) is 4.18 Å². The zero-order valence-corrected chi connectivity index (χ0v) is 17.7. The molecule has 4 heteroatoms. The lowest BCUT2D eigenvalue weighted by Gasteiger charge is -2.06. The van der Waals surface area contributed by atoms with E-state index < -0.39 is 10.1 Å². The van der Waals surface area contributed by atoms with Crippen molar-refractivity contribution in [2.45, 2.75) is 63.2 Å². The molecular weight excluding hydrogens is 368 g/mol. The van der Waals surface area contributed by atoms with E-state index in [1.54, 1.807) is 24.3 Å². The quantitative estimate of drug-likeness (QED) is 0.227. The number of hydrogen-bond acceptors (Lipinski definition) is 3. The highest BCUT2D eigenvalue weighted by atomic mass is 32.2. The van der Waals surface area contributed by atoms with E-state index in [-0.39, 0.29) is 11.5 Å². The molecule has 0 radical (unpaired) electrons. The smallest absolute Gasteiger partial charge is 0.266 e.